The van der Waals surface area contributed by atoms with Crippen molar-refractivity contribution in [2.45, 2.75) is 20.8 Å². The number of nitrogens with one attached hydrogen (secondary N) is 2. The summed E-state index contributed by atoms with van der Waals surface area (Å²) in [6.07, 6.45) is 1.47. The van der Waals surface area contributed by atoms with Gasteiger partial charge in [0.15, 0.2) is 0 Å². The molecule has 6 nitrogen and oxygen atoms in total. The predicted molar refractivity (Wildman–Crippen MR) is 131 cm³/mol. The highest BCUT2D eigenvalue weighted by Gasteiger charge is 2.17. The van der Waals surface area contributed by atoms with Gasteiger partial charge in [0.2, 0.25) is 5.91 Å². The van der Waals surface area contributed by atoms with Gasteiger partial charge in [0.25, 0.3) is 5.91 Å². The van der Waals surface area contributed by atoms with E-state index in [1.165, 1.54) is 31.4 Å². The second kappa shape index (κ2) is 10.6. The molecule has 0 unspecified atom stereocenters. The van der Waals surface area contributed by atoms with E-state index in [1.807, 2.05) is 63.2 Å². The molecule has 0 bridgehead atoms. The van der Waals surface area contributed by atoms with Gasteiger partial charge in [0, 0.05) is 18.2 Å². The zero-order valence-corrected chi connectivity index (χ0v) is 19.3. The van der Waals surface area contributed by atoms with Crippen LogP contribution >= 0.6 is 0 Å². The van der Waals surface area contributed by atoms with Crippen LogP contribution < -0.4 is 10.6 Å². The molecule has 0 aliphatic heterocycles. The number of rotatable bonds is 7. The number of methoxy groups -OCH3 is 1. The van der Waals surface area contributed by atoms with Crippen LogP contribution in [-0.4, -0.2) is 31.4 Å². The highest BCUT2D eigenvalue weighted by molar-refractivity contribution is 6.09. The largest absolute Gasteiger partial charge is 0.465 e. The molecule has 0 fully saturated rings. The van der Waals surface area contributed by atoms with Crippen molar-refractivity contribution in [3.63, 3.8) is 0 Å². The summed E-state index contributed by atoms with van der Waals surface area (Å²) in [6.45, 7) is 6.36. The maximum atomic E-state index is 12.8. The van der Waals surface area contributed by atoms with Crippen LogP contribution in [0.3, 0.4) is 0 Å². The highest BCUT2D eigenvalue weighted by Crippen LogP contribution is 2.23. The minimum absolute atomic E-state index is 0.169. The zero-order chi connectivity index (χ0) is 24.0. The van der Waals surface area contributed by atoms with Gasteiger partial charge in [-0.2, -0.15) is 0 Å². The lowest BCUT2D eigenvalue weighted by Crippen LogP contribution is -2.27. The fourth-order valence-electron chi connectivity index (χ4n) is 3.36. The van der Waals surface area contributed by atoms with Gasteiger partial charge in [0.05, 0.1) is 18.4 Å². The summed E-state index contributed by atoms with van der Waals surface area (Å²) in [7, 11) is 1.26. The molecule has 3 aromatic rings. The standard InChI is InChI=1S/C27H28N2O4/c1-17(2)16-28-26(31)22-11-12-23(27(32)33-4)24(15-22)29-25(30)13-18(3)20-10-9-19-7-5-6-8-21(19)14-20/h5-15,17H,16H2,1-4H3,(H,28,31)(H,29,30)/b18-13-. The summed E-state index contributed by atoms with van der Waals surface area (Å²) in [4.78, 5) is 37.4. The average Bonchev–Trinajstić information content (AvgIpc) is 2.81. The molecule has 0 aliphatic carbocycles. The molecule has 2 N–H and O–H groups in total. The Hall–Kier alpha value is -3.93. The van der Waals surface area contributed by atoms with Gasteiger partial charge >= 0.3 is 5.97 Å². The smallest absolute Gasteiger partial charge is 0.339 e. The van der Waals surface area contributed by atoms with E-state index >= 15 is 0 Å². The molecule has 0 aromatic heterocycles. The Morgan fingerprint density at radius 2 is 1.64 bits per heavy atom. The first-order chi connectivity index (χ1) is 15.8. The van der Waals surface area contributed by atoms with E-state index < -0.39 is 11.9 Å². The van der Waals surface area contributed by atoms with Crippen LogP contribution in [0.4, 0.5) is 5.69 Å². The quantitative estimate of drug-likeness (QED) is 0.394. The van der Waals surface area contributed by atoms with Crippen molar-refractivity contribution in [1.82, 2.24) is 5.32 Å². The summed E-state index contributed by atoms with van der Waals surface area (Å²) in [5, 5.41) is 7.76. The van der Waals surface area contributed by atoms with E-state index in [0.717, 1.165) is 21.9 Å². The molecule has 2 amide bonds. The number of anilines is 1. The molecular formula is C27H28N2O4. The van der Waals surface area contributed by atoms with Crippen molar-refractivity contribution in [1.29, 1.82) is 0 Å². The second-order valence-electron chi connectivity index (χ2n) is 8.23. The number of fused-ring (bicyclic) bond motifs is 1. The number of esters is 1. The molecule has 6 heteroatoms. The summed E-state index contributed by atoms with van der Waals surface area (Å²) in [6, 6.07) is 18.5. The number of carbonyl (C=O) groups is 3. The van der Waals surface area contributed by atoms with Crippen molar-refractivity contribution < 1.29 is 19.1 Å². The van der Waals surface area contributed by atoms with Crippen LogP contribution in [-0.2, 0) is 9.53 Å². The first-order valence-electron chi connectivity index (χ1n) is 10.8. The van der Waals surface area contributed by atoms with Crippen LogP contribution in [0.5, 0.6) is 0 Å². The monoisotopic (exact) mass is 444 g/mol. The van der Waals surface area contributed by atoms with E-state index in [-0.39, 0.29) is 17.2 Å². The summed E-state index contributed by atoms with van der Waals surface area (Å²) >= 11 is 0. The number of hydrogen-bond acceptors (Lipinski definition) is 4. The number of carbonyl (C=O) groups excluding carboxylic acids is 3. The molecule has 3 rings (SSSR count). The fourth-order valence-corrected chi connectivity index (χ4v) is 3.36. The van der Waals surface area contributed by atoms with Crippen LogP contribution in [0.2, 0.25) is 0 Å². The van der Waals surface area contributed by atoms with Crippen molar-refractivity contribution in [2.75, 3.05) is 19.0 Å². The van der Waals surface area contributed by atoms with Crippen LogP contribution in [0.15, 0.2) is 66.7 Å². The van der Waals surface area contributed by atoms with Gasteiger partial charge in [-0.25, -0.2) is 4.79 Å². The Kier molecular flexibility index (Phi) is 7.61. The number of benzene rings is 3. The van der Waals surface area contributed by atoms with Crippen LogP contribution in [0.25, 0.3) is 16.3 Å². The molecule has 0 spiro atoms. The summed E-state index contributed by atoms with van der Waals surface area (Å²) < 4.78 is 4.82. The third-order valence-electron chi connectivity index (χ3n) is 5.17. The van der Waals surface area contributed by atoms with Gasteiger partial charge in [-0.1, -0.05) is 50.2 Å². The number of ether oxygens (including phenoxy) is 1. The topological polar surface area (TPSA) is 84.5 Å². The minimum atomic E-state index is -0.602. The van der Waals surface area contributed by atoms with Crippen molar-refractivity contribution in [3.8, 4) is 0 Å². The predicted octanol–water partition coefficient (Wildman–Crippen LogP) is 5.05. The number of amides is 2. The molecule has 0 radical (unpaired) electrons. The van der Waals surface area contributed by atoms with Crippen LogP contribution in [0.1, 0.15) is 47.1 Å². The molecule has 0 saturated heterocycles. The summed E-state index contributed by atoms with van der Waals surface area (Å²) in [5.74, 6) is -0.996. The molecule has 0 atom stereocenters. The van der Waals surface area contributed by atoms with Gasteiger partial charge in [0.1, 0.15) is 0 Å². The minimum Gasteiger partial charge on any atom is -0.465 e. The zero-order valence-electron chi connectivity index (χ0n) is 19.3. The third kappa shape index (κ3) is 6.07. The van der Waals surface area contributed by atoms with E-state index in [2.05, 4.69) is 10.6 Å². The lowest BCUT2D eigenvalue weighted by Gasteiger charge is -2.12. The normalized spacial score (nSPS) is 11.4. The third-order valence-corrected chi connectivity index (χ3v) is 5.17. The second-order valence-corrected chi connectivity index (χ2v) is 8.23. The van der Waals surface area contributed by atoms with Gasteiger partial charge in [-0.3, -0.25) is 9.59 Å². The maximum absolute atomic E-state index is 12.8. The van der Waals surface area contributed by atoms with Crippen molar-refractivity contribution in [2.24, 2.45) is 5.92 Å². The average molecular weight is 445 g/mol. The molecule has 0 aliphatic rings. The number of hydrogen-bond donors (Lipinski definition) is 2. The molecule has 33 heavy (non-hydrogen) atoms. The van der Waals surface area contributed by atoms with Crippen LogP contribution in [0, 0.1) is 5.92 Å². The van der Waals surface area contributed by atoms with Gasteiger partial charge < -0.3 is 15.4 Å². The molecule has 0 saturated carbocycles. The van der Waals surface area contributed by atoms with E-state index in [9.17, 15) is 14.4 Å². The van der Waals surface area contributed by atoms with E-state index in [0.29, 0.717) is 18.0 Å². The Morgan fingerprint density at radius 3 is 2.33 bits per heavy atom. The fraction of sp³-hybridized carbons (Fsp3) is 0.222. The first kappa shape index (κ1) is 23.7. The number of allylic oxidation sites excluding steroid dienone is 1. The lowest BCUT2D eigenvalue weighted by molar-refractivity contribution is -0.111. The van der Waals surface area contributed by atoms with E-state index in [1.54, 1.807) is 0 Å². The lowest BCUT2D eigenvalue weighted by atomic mass is 10.0. The summed E-state index contributed by atoms with van der Waals surface area (Å²) in [5.41, 5.74) is 2.41. The first-order valence-corrected chi connectivity index (χ1v) is 10.8. The molecule has 170 valence electrons. The Morgan fingerprint density at radius 1 is 0.939 bits per heavy atom. The van der Waals surface area contributed by atoms with E-state index in [4.69, 9.17) is 4.74 Å². The highest BCUT2D eigenvalue weighted by atomic mass is 16.5. The maximum Gasteiger partial charge on any atom is 0.339 e. The Labute approximate surface area is 193 Å². The van der Waals surface area contributed by atoms with Gasteiger partial charge in [-0.05, 0) is 59.0 Å². The molecule has 0 heterocycles. The Bertz CT molecular complexity index is 1230. The SMILES string of the molecule is COC(=O)c1ccc(C(=O)NCC(C)C)cc1NC(=O)/C=C(/C)c1ccc2ccccc2c1. The Balaban J connectivity index is 1.85. The van der Waals surface area contributed by atoms with Gasteiger partial charge in [-0.15, -0.1) is 0 Å². The molecule has 3 aromatic carbocycles. The molecular weight excluding hydrogens is 416 g/mol. The van der Waals surface area contributed by atoms with Crippen molar-refractivity contribution >= 4 is 39.8 Å². The van der Waals surface area contributed by atoms with Crippen molar-refractivity contribution in [3.05, 3.63) is 83.4 Å².